The molecule has 1 amide bonds. The average molecular weight is 423 g/mol. The highest BCUT2D eigenvalue weighted by molar-refractivity contribution is 6.01. The number of likely N-dealkylation sites (tertiary alicyclic amines) is 1. The second-order valence-corrected chi connectivity index (χ2v) is 8.15. The van der Waals surface area contributed by atoms with E-state index in [0.717, 1.165) is 34.4 Å². The van der Waals surface area contributed by atoms with Gasteiger partial charge in [0.2, 0.25) is 5.91 Å². The first-order chi connectivity index (χ1) is 15.6. The maximum atomic E-state index is 13.4. The van der Waals surface area contributed by atoms with Crippen LogP contribution in [0.2, 0.25) is 0 Å². The van der Waals surface area contributed by atoms with E-state index in [-0.39, 0.29) is 5.91 Å². The summed E-state index contributed by atoms with van der Waals surface area (Å²) in [5, 5.41) is 26.0. The number of carbonyl (C=O) groups is 1. The molecule has 1 atom stereocenters. The van der Waals surface area contributed by atoms with Gasteiger partial charge in [-0.05, 0) is 67.1 Å². The number of anilines is 1. The molecule has 1 fully saturated rings. The van der Waals surface area contributed by atoms with Gasteiger partial charge in [-0.15, -0.1) is 0 Å². The van der Waals surface area contributed by atoms with Gasteiger partial charge in [-0.25, -0.2) is 4.98 Å². The summed E-state index contributed by atoms with van der Waals surface area (Å²) in [5.41, 5.74) is 5.16. The van der Waals surface area contributed by atoms with Crippen LogP contribution in [-0.4, -0.2) is 45.1 Å². The van der Waals surface area contributed by atoms with E-state index in [2.05, 4.69) is 27.4 Å². The molecule has 3 heterocycles. The van der Waals surface area contributed by atoms with E-state index in [4.69, 9.17) is 0 Å². The van der Waals surface area contributed by atoms with Gasteiger partial charge in [0.1, 0.15) is 11.9 Å². The summed E-state index contributed by atoms with van der Waals surface area (Å²) >= 11 is 0. The third-order valence-corrected chi connectivity index (χ3v) is 6.19. The molecule has 0 bridgehead atoms. The minimum absolute atomic E-state index is 0.0390. The molecular weight excluding hydrogens is 402 g/mol. The minimum atomic E-state index is -0.411. The van der Waals surface area contributed by atoms with Crippen molar-refractivity contribution in [2.24, 2.45) is 0 Å². The molecule has 0 saturated carbocycles. The van der Waals surface area contributed by atoms with Crippen molar-refractivity contribution >= 4 is 11.6 Å². The number of nitrogens with one attached hydrogen (secondary N) is 1. The van der Waals surface area contributed by atoms with Crippen molar-refractivity contribution in [3.05, 3.63) is 53.3 Å². The van der Waals surface area contributed by atoms with Crippen LogP contribution in [0.4, 0.5) is 5.69 Å². The fraction of sp³-hybridized carbons (Fsp3) is 0.292. The number of amides is 1. The zero-order chi connectivity index (χ0) is 22.2. The molecular formula is C24H21N7O. The molecule has 32 heavy (non-hydrogen) atoms. The SMILES string of the molecule is Cc1nc(-c2cc(-c3cccc(C#N)c3)c3c(c2)N(C(=O)C2CCCN2C#N)CC3)n[nH]1. The van der Waals surface area contributed by atoms with Crippen molar-refractivity contribution in [3.63, 3.8) is 0 Å². The highest BCUT2D eigenvalue weighted by Crippen LogP contribution is 2.40. The molecule has 1 aromatic heterocycles. The Kier molecular flexibility index (Phi) is 4.84. The zero-order valence-electron chi connectivity index (χ0n) is 17.7. The van der Waals surface area contributed by atoms with Gasteiger partial charge < -0.3 is 4.90 Å². The summed E-state index contributed by atoms with van der Waals surface area (Å²) in [4.78, 5) is 21.3. The van der Waals surface area contributed by atoms with Crippen molar-refractivity contribution in [2.45, 2.75) is 32.2 Å². The van der Waals surface area contributed by atoms with Crippen LogP contribution in [-0.2, 0) is 11.2 Å². The highest BCUT2D eigenvalue weighted by Gasteiger charge is 2.37. The number of benzene rings is 2. The summed E-state index contributed by atoms with van der Waals surface area (Å²) in [7, 11) is 0. The van der Waals surface area contributed by atoms with Crippen molar-refractivity contribution in [1.82, 2.24) is 20.1 Å². The number of nitrogens with zero attached hydrogens (tertiary/aromatic N) is 6. The van der Waals surface area contributed by atoms with Crippen molar-refractivity contribution < 1.29 is 4.79 Å². The third kappa shape index (κ3) is 3.27. The number of nitriles is 2. The molecule has 0 radical (unpaired) electrons. The standard InChI is InChI=1S/C24H21N7O/c1-15-27-23(29-28-15)18-11-20(17-5-2-4-16(10-17)13-25)19-7-9-31(22(19)12-18)24(32)21-6-3-8-30(21)14-26/h2,4-5,10-12,21H,3,6-9H2,1H3,(H,27,28,29). The third-order valence-electron chi connectivity index (χ3n) is 6.19. The van der Waals surface area contributed by atoms with Crippen molar-refractivity contribution in [1.29, 1.82) is 10.5 Å². The number of fused-ring (bicyclic) bond motifs is 1. The predicted octanol–water partition coefficient (Wildman–Crippen LogP) is 3.15. The number of hydrogen-bond acceptors (Lipinski definition) is 6. The van der Waals surface area contributed by atoms with Crippen molar-refractivity contribution in [2.75, 3.05) is 18.0 Å². The molecule has 1 saturated heterocycles. The lowest BCUT2D eigenvalue weighted by Gasteiger charge is -2.25. The minimum Gasteiger partial charge on any atom is -0.310 e. The first-order valence-corrected chi connectivity index (χ1v) is 10.6. The van der Waals surface area contributed by atoms with Gasteiger partial charge in [-0.3, -0.25) is 14.8 Å². The van der Waals surface area contributed by atoms with E-state index in [1.54, 1.807) is 15.9 Å². The molecule has 8 nitrogen and oxygen atoms in total. The molecule has 158 valence electrons. The van der Waals surface area contributed by atoms with Gasteiger partial charge in [0.25, 0.3) is 0 Å². The van der Waals surface area contributed by atoms with Crippen LogP contribution in [0.3, 0.4) is 0 Å². The van der Waals surface area contributed by atoms with Crippen LogP contribution in [0.25, 0.3) is 22.5 Å². The van der Waals surface area contributed by atoms with Crippen LogP contribution in [0.5, 0.6) is 0 Å². The summed E-state index contributed by atoms with van der Waals surface area (Å²) in [6.45, 7) is 3.02. The van der Waals surface area contributed by atoms with Gasteiger partial charge in [0, 0.05) is 24.3 Å². The first kappa shape index (κ1) is 19.8. The maximum absolute atomic E-state index is 13.4. The van der Waals surface area contributed by atoms with Crippen LogP contribution in [0, 0.1) is 29.7 Å². The van der Waals surface area contributed by atoms with E-state index in [0.29, 0.717) is 43.1 Å². The second kappa shape index (κ2) is 7.82. The van der Waals surface area contributed by atoms with Crippen LogP contribution in [0.15, 0.2) is 36.4 Å². The smallest absolute Gasteiger partial charge is 0.250 e. The molecule has 0 spiro atoms. The highest BCUT2D eigenvalue weighted by atomic mass is 16.2. The Balaban J connectivity index is 1.64. The van der Waals surface area contributed by atoms with Gasteiger partial charge >= 0.3 is 0 Å². The van der Waals surface area contributed by atoms with Gasteiger partial charge in [0.05, 0.1) is 11.6 Å². The largest absolute Gasteiger partial charge is 0.310 e. The van der Waals surface area contributed by atoms with Crippen LogP contribution < -0.4 is 4.90 Å². The molecule has 5 rings (SSSR count). The first-order valence-electron chi connectivity index (χ1n) is 10.6. The Morgan fingerprint density at radius 2 is 2.06 bits per heavy atom. The van der Waals surface area contributed by atoms with Crippen LogP contribution in [0.1, 0.15) is 29.8 Å². The Morgan fingerprint density at radius 3 is 2.81 bits per heavy atom. The monoisotopic (exact) mass is 423 g/mol. The number of aromatic amines is 1. The Labute approximate surface area is 185 Å². The van der Waals surface area contributed by atoms with Crippen molar-refractivity contribution in [3.8, 4) is 34.8 Å². The predicted molar refractivity (Wildman–Crippen MR) is 118 cm³/mol. The summed E-state index contributed by atoms with van der Waals surface area (Å²) in [6, 6.07) is 13.3. The molecule has 1 N–H and O–H groups in total. The quantitative estimate of drug-likeness (QED) is 0.648. The lowest BCUT2D eigenvalue weighted by molar-refractivity contribution is -0.121. The van der Waals surface area contributed by atoms with Gasteiger partial charge in [-0.2, -0.15) is 15.6 Å². The fourth-order valence-electron chi connectivity index (χ4n) is 4.67. The number of rotatable bonds is 3. The Hall–Kier alpha value is -4.17. The topological polar surface area (TPSA) is 113 Å². The zero-order valence-corrected chi connectivity index (χ0v) is 17.7. The molecule has 3 aromatic rings. The number of H-pyrrole nitrogens is 1. The van der Waals surface area contributed by atoms with E-state index in [1.807, 2.05) is 37.3 Å². The number of aryl methyl sites for hydroxylation is 1. The van der Waals surface area contributed by atoms with Crippen LogP contribution >= 0.6 is 0 Å². The average Bonchev–Trinajstić information content (AvgIpc) is 3.57. The van der Waals surface area contributed by atoms with E-state index >= 15 is 0 Å². The summed E-state index contributed by atoms with van der Waals surface area (Å²) in [5.74, 6) is 1.22. The fourth-order valence-corrected chi connectivity index (χ4v) is 4.67. The summed E-state index contributed by atoms with van der Waals surface area (Å²) < 4.78 is 0. The number of aromatic nitrogens is 3. The molecule has 2 aliphatic heterocycles. The van der Waals surface area contributed by atoms with Gasteiger partial charge in [0.15, 0.2) is 12.0 Å². The maximum Gasteiger partial charge on any atom is 0.250 e. The molecule has 0 aliphatic carbocycles. The van der Waals surface area contributed by atoms with E-state index < -0.39 is 6.04 Å². The molecule has 1 unspecified atom stereocenters. The lowest BCUT2D eigenvalue weighted by Crippen LogP contribution is -2.43. The lowest BCUT2D eigenvalue weighted by atomic mass is 9.94. The normalized spacial score (nSPS) is 17.2. The Morgan fingerprint density at radius 1 is 1.19 bits per heavy atom. The molecule has 2 aliphatic rings. The molecule has 8 heteroatoms. The number of hydrogen-bond donors (Lipinski definition) is 1. The van der Waals surface area contributed by atoms with E-state index in [1.165, 1.54) is 0 Å². The second-order valence-electron chi connectivity index (χ2n) is 8.15. The Bertz CT molecular complexity index is 1300. The summed E-state index contributed by atoms with van der Waals surface area (Å²) in [6.07, 6.45) is 4.40. The molecule has 2 aromatic carbocycles. The van der Waals surface area contributed by atoms with Gasteiger partial charge in [-0.1, -0.05) is 12.1 Å². The van der Waals surface area contributed by atoms with E-state index in [9.17, 15) is 15.3 Å². The number of carbonyl (C=O) groups excluding carboxylic acids is 1.